The van der Waals surface area contributed by atoms with Crippen LogP contribution in [0.15, 0.2) is 78.9 Å². The summed E-state index contributed by atoms with van der Waals surface area (Å²) in [5, 5.41) is 0. The Kier molecular flexibility index (Phi) is 5.90. The van der Waals surface area contributed by atoms with E-state index < -0.39 is 7.79 Å². The standard InChI is InChI=1S/C25H29N2O2P/c1-20-8-12-23(13-9-20)26-17-18-27(24-14-10-21(2)11-15-24)30(26,29)25(16-19-28)22-6-4-3-5-7-22/h3-15,19,25,29-30H,16-18H2,1-2H3. The summed E-state index contributed by atoms with van der Waals surface area (Å²) in [6.07, 6.45) is 1.24. The average molecular weight is 420 g/mol. The molecule has 0 saturated carbocycles. The van der Waals surface area contributed by atoms with Crippen LogP contribution in [0.3, 0.4) is 0 Å². The van der Waals surface area contributed by atoms with Gasteiger partial charge in [0.05, 0.1) is 0 Å². The number of nitrogens with zero attached hydrogens (tertiary/aromatic N) is 2. The minimum atomic E-state index is -3.32. The van der Waals surface area contributed by atoms with Gasteiger partial charge in [-0.2, -0.15) is 0 Å². The molecule has 0 amide bonds. The molecule has 4 nitrogen and oxygen atoms in total. The summed E-state index contributed by atoms with van der Waals surface area (Å²) in [6.45, 7) is 5.58. The quantitative estimate of drug-likeness (QED) is 0.426. The van der Waals surface area contributed by atoms with Crippen molar-refractivity contribution in [1.82, 2.24) is 0 Å². The van der Waals surface area contributed by atoms with E-state index in [0.29, 0.717) is 0 Å². The molecule has 4 rings (SSSR count). The summed E-state index contributed by atoms with van der Waals surface area (Å²) in [7, 11) is -3.32. The Balaban J connectivity index is 1.86. The van der Waals surface area contributed by atoms with Crippen molar-refractivity contribution >= 4 is 25.5 Å². The molecule has 3 aromatic carbocycles. The van der Waals surface area contributed by atoms with E-state index in [1.54, 1.807) is 0 Å². The van der Waals surface area contributed by atoms with Crippen LogP contribution in [0, 0.1) is 13.8 Å². The Labute approximate surface area is 179 Å². The molecule has 1 fully saturated rings. The van der Waals surface area contributed by atoms with Gasteiger partial charge in [-0.25, -0.2) is 0 Å². The van der Waals surface area contributed by atoms with Gasteiger partial charge < -0.3 is 0 Å². The summed E-state index contributed by atoms with van der Waals surface area (Å²) < 4.78 is 4.35. The first-order valence-electron chi connectivity index (χ1n) is 10.4. The van der Waals surface area contributed by atoms with Crippen LogP contribution in [-0.4, -0.2) is 24.3 Å². The van der Waals surface area contributed by atoms with Gasteiger partial charge in [-0.15, -0.1) is 0 Å². The predicted octanol–water partition coefficient (Wildman–Crippen LogP) is 5.45. The number of carbonyl (C=O) groups excluding carboxylic acids is 1. The van der Waals surface area contributed by atoms with Gasteiger partial charge in [0.2, 0.25) is 0 Å². The van der Waals surface area contributed by atoms with E-state index in [1.807, 2.05) is 30.3 Å². The number of aryl methyl sites for hydroxylation is 2. The van der Waals surface area contributed by atoms with Gasteiger partial charge in [-0.3, -0.25) is 0 Å². The minimum absolute atomic E-state index is 0.263. The van der Waals surface area contributed by atoms with Crippen LogP contribution in [0.4, 0.5) is 11.4 Å². The van der Waals surface area contributed by atoms with Crippen molar-refractivity contribution in [1.29, 1.82) is 0 Å². The Morgan fingerprint density at radius 3 is 1.73 bits per heavy atom. The first kappa shape index (κ1) is 20.6. The fourth-order valence-electron chi connectivity index (χ4n) is 4.44. The second-order valence-electron chi connectivity index (χ2n) is 8.03. The summed E-state index contributed by atoms with van der Waals surface area (Å²) in [4.78, 5) is 24.3. The SMILES string of the molecule is Cc1ccc(N2CCN(c3ccc(C)cc3)[PH]2(O)C(CC=O)c2ccccc2)cc1. The Hall–Kier alpha value is -2.68. The maximum absolute atomic E-state index is 12.5. The number of hydrogen-bond donors (Lipinski definition) is 1. The number of rotatable bonds is 6. The molecule has 0 aromatic heterocycles. The third kappa shape index (κ3) is 3.74. The van der Waals surface area contributed by atoms with Gasteiger partial charge in [-0.1, -0.05) is 0 Å². The molecule has 1 atom stereocenters. The molecular weight excluding hydrogens is 391 g/mol. The molecule has 1 aliphatic heterocycles. The number of anilines is 2. The summed E-state index contributed by atoms with van der Waals surface area (Å²) in [6, 6.07) is 26.6. The van der Waals surface area contributed by atoms with Crippen molar-refractivity contribution in [2.24, 2.45) is 0 Å². The molecule has 1 unspecified atom stereocenters. The molecule has 1 saturated heterocycles. The Bertz CT molecular complexity index is 936. The van der Waals surface area contributed by atoms with Gasteiger partial charge in [0.1, 0.15) is 0 Å². The Morgan fingerprint density at radius 2 is 1.30 bits per heavy atom. The van der Waals surface area contributed by atoms with Crippen molar-refractivity contribution in [2.75, 3.05) is 22.4 Å². The first-order chi connectivity index (χ1) is 14.5. The van der Waals surface area contributed by atoms with Crippen LogP contribution >= 0.6 is 7.79 Å². The first-order valence-corrected chi connectivity index (χ1v) is 12.4. The maximum atomic E-state index is 12.5. The second-order valence-corrected chi connectivity index (χ2v) is 11.2. The van der Waals surface area contributed by atoms with Gasteiger partial charge >= 0.3 is 179 Å². The Morgan fingerprint density at radius 1 is 0.833 bits per heavy atom. The van der Waals surface area contributed by atoms with Gasteiger partial charge in [0.15, 0.2) is 0 Å². The van der Waals surface area contributed by atoms with Crippen molar-refractivity contribution in [3.63, 3.8) is 0 Å². The van der Waals surface area contributed by atoms with E-state index in [2.05, 4.69) is 71.7 Å². The third-order valence-electron chi connectivity index (χ3n) is 6.03. The molecule has 0 aliphatic carbocycles. The molecule has 156 valence electrons. The molecule has 0 radical (unpaired) electrons. The van der Waals surface area contributed by atoms with Crippen molar-refractivity contribution < 1.29 is 9.69 Å². The molecule has 1 heterocycles. The monoisotopic (exact) mass is 420 g/mol. The van der Waals surface area contributed by atoms with E-state index in [1.165, 1.54) is 11.1 Å². The summed E-state index contributed by atoms with van der Waals surface area (Å²) in [5.74, 6) is 0. The fraction of sp³-hybridized carbons (Fsp3) is 0.240. The number of benzene rings is 3. The van der Waals surface area contributed by atoms with Crippen LogP contribution in [-0.2, 0) is 4.79 Å². The normalized spacial score (nSPS) is 17.6. The molecule has 1 N–H and O–H groups in total. The number of aldehydes is 1. The van der Waals surface area contributed by atoms with E-state index in [0.717, 1.165) is 36.3 Å². The zero-order valence-corrected chi connectivity index (χ0v) is 18.5. The van der Waals surface area contributed by atoms with E-state index in [-0.39, 0.29) is 12.1 Å². The number of carbonyl (C=O) groups is 1. The van der Waals surface area contributed by atoms with Gasteiger partial charge in [0, 0.05) is 0 Å². The molecule has 1 aliphatic rings. The van der Waals surface area contributed by atoms with Crippen molar-refractivity contribution in [3.8, 4) is 0 Å². The van der Waals surface area contributed by atoms with Crippen molar-refractivity contribution in [3.05, 3.63) is 95.6 Å². The van der Waals surface area contributed by atoms with Crippen LogP contribution in [0.5, 0.6) is 0 Å². The molecular formula is C25H29N2O2P. The van der Waals surface area contributed by atoms with Crippen molar-refractivity contribution in [2.45, 2.75) is 25.9 Å². The molecule has 0 bridgehead atoms. The fourth-order valence-corrected chi connectivity index (χ4v) is 8.45. The van der Waals surface area contributed by atoms with Crippen LogP contribution in [0.2, 0.25) is 0 Å². The second kappa shape index (κ2) is 8.59. The van der Waals surface area contributed by atoms with Gasteiger partial charge in [0.25, 0.3) is 0 Å². The molecule has 30 heavy (non-hydrogen) atoms. The predicted molar refractivity (Wildman–Crippen MR) is 127 cm³/mol. The van der Waals surface area contributed by atoms with E-state index >= 15 is 0 Å². The molecule has 5 heteroatoms. The van der Waals surface area contributed by atoms with Crippen LogP contribution in [0.1, 0.15) is 28.8 Å². The van der Waals surface area contributed by atoms with Gasteiger partial charge in [-0.05, 0) is 0 Å². The van der Waals surface area contributed by atoms with E-state index in [4.69, 9.17) is 0 Å². The van der Waals surface area contributed by atoms with Crippen LogP contribution < -0.4 is 9.34 Å². The average Bonchev–Trinajstić information content (AvgIpc) is 3.11. The summed E-state index contributed by atoms with van der Waals surface area (Å²) in [5.41, 5.74) is 5.14. The molecule has 3 aromatic rings. The molecule has 0 spiro atoms. The number of hydrogen-bond acceptors (Lipinski definition) is 4. The van der Waals surface area contributed by atoms with E-state index in [9.17, 15) is 9.69 Å². The third-order valence-corrected chi connectivity index (χ3v) is 10.1. The zero-order valence-electron chi connectivity index (χ0n) is 17.5. The summed E-state index contributed by atoms with van der Waals surface area (Å²) >= 11 is 0. The topological polar surface area (TPSA) is 43.8 Å². The zero-order chi connectivity index (χ0) is 21.1. The van der Waals surface area contributed by atoms with Crippen LogP contribution in [0.25, 0.3) is 0 Å².